The zero-order valence-corrected chi connectivity index (χ0v) is 21.2. The molecule has 4 rings (SSSR count). The van der Waals surface area contributed by atoms with Crippen LogP contribution in [0.3, 0.4) is 0 Å². The zero-order chi connectivity index (χ0) is 24.5. The van der Waals surface area contributed by atoms with E-state index >= 15 is 0 Å². The Kier molecular flexibility index (Phi) is 8.95. The molecule has 0 spiro atoms. The minimum atomic E-state index is -0.195. The zero-order valence-electron chi connectivity index (χ0n) is 21.2. The van der Waals surface area contributed by atoms with Crippen LogP contribution in [0.5, 0.6) is 0 Å². The van der Waals surface area contributed by atoms with Crippen LogP contribution in [0, 0.1) is 5.92 Å². The first-order valence-electron chi connectivity index (χ1n) is 13.2. The van der Waals surface area contributed by atoms with Gasteiger partial charge in [0, 0.05) is 0 Å². The topological polar surface area (TPSA) is 26.3 Å². The lowest BCUT2D eigenvalue weighted by Crippen LogP contribution is -2.24. The van der Waals surface area contributed by atoms with Gasteiger partial charge in [-0.3, -0.25) is 0 Å². The number of allylic oxidation sites excluding steroid dienone is 2. The van der Waals surface area contributed by atoms with Crippen LogP contribution in [0.15, 0.2) is 91.0 Å². The number of carbonyl (C=O) groups is 1. The molecule has 2 nitrogen and oxygen atoms in total. The minimum Gasteiger partial charge on any atom is -0.459 e. The van der Waals surface area contributed by atoms with Gasteiger partial charge < -0.3 is 4.74 Å². The second-order valence-electron chi connectivity index (χ2n) is 9.98. The first kappa shape index (κ1) is 25.0. The van der Waals surface area contributed by atoms with Gasteiger partial charge in [0.15, 0.2) is 0 Å². The molecule has 0 bridgehead atoms. The Morgan fingerprint density at radius 1 is 0.886 bits per heavy atom. The summed E-state index contributed by atoms with van der Waals surface area (Å²) in [5.41, 5.74) is 5.62. The largest absolute Gasteiger partial charge is 0.459 e. The molecular weight excluding hydrogens is 428 g/mol. The summed E-state index contributed by atoms with van der Waals surface area (Å²) in [4.78, 5) is 12.7. The molecule has 2 heteroatoms. The third kappa shape index (κ3) is 7.18. The molecule has 182 valence electrons. The third-order valence-corrected chi connectivity index (χ3v) is 7.36. The number of carbonyl (C=O) groups excluding carboxylic acids is 1. The molecule has 3 aromatic carbocycles. The first-order chi connectivity index (χ1) is 17.1. The van der Waals surface area contributed by atoms with Crippen LogP contribution < -0.4 is 0 Å². The van der Waals surface area contributed by atoms with E-state index in [9.17, 15) is 4.79 Å². The van der Waals surface area contributed by atoms with Gasteiger partial charge in [0.05, 0.1) is 5.56 Å². The summed E-state index contributed by atoms with van der Waals surface area (Å²) in [5.74, 6) is 1.06. The molecule has 0 unspecified atom stereocenters. The number of hydrogen-bond acceptors (Lipinski definition) is 2. The van der Waals surface area contributed by atoms with E-state index in [0.29, 0.717) is 11.5 Å². The van der Waals surface area contributed by atoms with Gasteiger partial charge in [0.1, 0.15) is 6.10 Å². The van der Waals surface area contributed by atoms with E-state index in [1.807, 2.05) is 24.3 Å². The van der Waals surface area contributed by atoms with Gasteiger partial charge in [-0.1, -0.05) is 85.8 Å². The fraction of sp³-hybridized carbons (Fsp3) is 0.364. The van der Waals surface area contributed by atoms with Gasteiger partial charge in [-0.25, -0.2) is 4.79 Å². The monoisotopic (exact) mass is 466 g/mol. The quantitative estimate of drug-likeness (QED) is 0.233. The molecule has 1 aliphatic carbocycles. The predicted molar refractivity (Wildman–Crippen MR) is 146 cm³/mol. The van der Waals surface area contributed by atoms with E-state index in [-0.39, 0.29) is 12.1 Å². The average Bonchev–Trinajstić information content (AvgIpc) is 2.91. The lowest BCUT2D eigenvalue weighted by molar-refractivity contribution is 0.0162. The maximum atomic E-state index is 12.7. The molecule has 0 radical (unpaired) electrons. The maximum Gasteiger partial charge on any atom is 0.338 e. The van der Waals surface area contributed by atoms with Crippen molar-refractivity contribution in [1.29, 1.82) is 0 Å². The van der Waals surface area contributed by atoms with E-state index in [2.05, 4.69) is 80.6 Å². The maximum absolute atomic E-state index is 12.7. The van der Waals surface area contributed by atoms with Crippen molar-refractivity contribution < 1.29 is 9.53 Å². The van der Waals surface area contributed by atoms with Crippen molar-refractivity contribution in [3.63, 3.8) is 0 Å². The third-order valence-electron chi connectivity index (χ3n) is 7.36. The van der Waals surface area contributed by atoms with Gasteiger partial charge in [0.25, 0.3) is 0 Å². The molecule has 0 aliphatic heterocycles. The van der Waals surface area contributed by atoms with E-state index in [1.54, 1.807) is 0 Å². The molecule has 1 atom stereocenters. The standard InChI is InChI=1S/C33H38O2/c1-3-4-6-9-26-14-22-32(23-15-26)35-33(34)31-20-18-30(19-21-31)29-16-12-27(13-17-29)24-25(2)28-10-7-5-8-11-28/h3-5,7-8,10-13,16-21,25-26,32H,6,9,14-15,22-24H2,1-2H3/b4-3+/t25-,26?,32?/m1/s1. The van der Waals surface area contributed by atoms with Gasteiger partial charge in [0.2, 0.25) is 0 Å². The van der Waals surface area contributed by atoms with Crippen molar-refractivity contribution in [3.05, 3.63) is 108 Å². The highest BCUT2D eigenvalue weighted by Gasteiger charge is 2.24. The van der Waals surface area contributed by atoms with Gasteiger partial charge in [-0.2, -0.15) is 0 Å². The molecule has 0 amide bonds. The van der Waals surface area contributed by atoms with Gasteiger partial charge >= 0.3 is 5.97 Å². The van der Waals surface area contributed by atoms with Crippen molar-refractivity contribution in [2.75, 3.05) is 0 Å². The molecule has 0 heterocycles. The number of benzene rings is 3. The fourth-order valence-electron chi connectivity index (χ4n) is 5.14. The Labute approximate surface area is 211 Å². The summed E-state index contributed by atoms with van der Waals surface area (Å²) in [6.45, 7) is 4.35. The average molecular weight is 467 g/mol. The Morgan fingerprint density at radius 3 is 2.14 bits per heavy atom. The number of rotatable bonds is 9. The van der Waals surface area contributed by atoms with Gasteiger partial charge in [-0.05, 0) is 98.1 Å². The molecule has 35 heavy (non-hydrogen) atoms. The molecular formula is C33H38O2. The van der Waals surface area contributed by atoms with Crippen LogP contribution in [0.2, 0.25) is 0 Å². The molecule has 0 saturated heterocycles. The van der Waals surface area contributed by atoms with E-state index in [0.717, 1.165) is 55.6 Å². The summed E-state index contributed by atoms with van der Waals surface area (Å²) in [6.07, 6.45) is 12.2. The highest BCUT2D eigenvalue weighted by Crippen LogP contribution is 2.30. The van der Waals surface area contributed by atoms with Crippen molar-refractivity contribution in [1.82, 2.24) is 0 Å². The summed E-state index contributed by atoms with van der Waals surface area (Å²) >= 11 is 0. The second kappa shape index (κ2) is 12.5. The normalized spacial score (nSPS) is 18.9. The van der Waals surface area contributed by atoms with E-state index < -0.39 is 0 Å². The fourth-order valence-corrected chi connectivity index (χ4v) is 5.14. The number of ether oxygens (including phenoxy) is 1. The van der Waals surface area contributed by atoms with Crippen LogP contribution in [0.1, 0.15) is 79.8 Å². The molecule has 3 aromatic rings. The second-order valence-corrected chi connectivity index (χ2v) is 9.98. The smallest absolute Gasteiger partial charge is 0.338 e. The Morgan fingerprint density at radius 2 is 1.51 bits per heavy atom. The van der Waals surface area contributed by atoms with Crippen LogP contribution in [-0.2, 0) is 11.2 Å². The first-order valence-corrected chi connectivity index (χ1v) is 13.2. The Bertz CT molecular complexity index is 1070. The number of hydrogen-bond donors (Lipinski definition) is 0. The summed E-state index contributed by atoms with van der Waals surface area (Å²) in [7, 11) is 0. The van der Waals surface area contributed by atoms with E-state index in [1.165, 1.54) is 17.5 Å². The Hall–Kier alpha value is -3.13. The molecule has 1 saturated carbocycles. The lowest BCUT2D eigenvalue weighted by atomic mass is 9.84. The van der Waals surface area contributed by atoms with Crippen LogP contribution >= 0.6 is 0 Å². The van der Waals surface area contributed by atoms with Crippen LogP contribution in [0.4, 0.5) is 0 Å². The van der Waals surface area contributed by atoms with Crippen LogP contribution in [-0.4, -0.2) is 12.1 Å². The van der Waals surface area contributed by atoms with Gasteiger partial charge in [-0.15, -0.1) is 0 Å². The SMILES string of the molecule is C/C=C/CCC1CCC(OC(=O)c2ccc(-c3ccc(C[C@@H](C)c4ccccc4)cc3)cc2)CC1. The minimum absolute atomic E-state index is 0.0611. The molecule has 1 aliphatic rings. The molecule has 0 aromatic heterocycles. The summed E-state index contributed by atoms with van der Waals surface area (Å²) in [6, 6.07) is 27.3. The lowest BCUT2D eigenvalue weighted by Gasteiger charge is -2.28. The van der Waals surface area contributed by atoms with Crippen LogP contribution in [0.25, 0.3) is 11.1 Å². The highest BCUT2D eigenvalue weighted by atomic mass is 16.5. The van der Waals surface area contributed by atoms with Crippen molar-refractivity contribution in [2.24, 2.45) is 5.92 Å². The molecule has 0 N–H and O–H groups in total. The predicted octanol–water partition coefficient (Wildman–Crippen LogP) is 8.77. The summed E-state index contributed by atoms with van der Waals surface area (Å²) in [5, 5.41) is 0. The molecule has 1 fully saturated rings. The van der Waals surface area contributed by atoms with Crippen molar-refractivity contribution in [2.45, 2.75) is 70.8 Å². The summed E-state index contributed by atoms with van der Waals surface area (Å²) < 4.78 is 5.83. The highest BCUT2D eigenvalue weighted by molar-refractivity contribution is 5.90. The van der Waals surface area contributed by atoms with Crippen molar-refractivity contribution in [3.8, 4) is 11.1 Å². The Balaban J connectivity index is 1.28. The van der Waals surface area contributed by atoms with Crippen molar-refractivity contribution >= 4 is 5.97 Å². The van der Waals surface area contributed by atoms with E-state index in [4.69, 9.17) is 4.74 Å². The number of esters is 1.